The molecule has 2 heterocycles. The van der Waals surface area contributed by atoms with E-state index in [2.05, 4.69) is 5.32 Å². The summed E-state index contributed by atoms with van der Waals surface area (Å²) in [4.78, 5) is 16.6. The van der Waals surface area contributed by atoms with E-state index in [1.54, 1.807) is 50.6 Å². The molecule has 1 N–H and O–H groups in total. The quantitative estimate of drug-likeness (QED) is 0.367. The monoisotopic (exact) mass is 601 g/mol. The van der Waals surface area contributed by atoms with Crippen molar-refractivity contribution in [1.82, 2.24) is 15.1 Å². The molecule has 4 rings (SSSR count). The van der Waals surface area contributed by atoms with Gasteiger partial charge in [0.2, 0.25) is 5.91 Å². The number of halogens is 7. The molecule has 0 spiro atoms. The first-order valence-corrected chi connectivity index (χ1v) is 14.1. The maximum absolute atomic E-state index is 14.1. The van der Waals surface area contributed by atoms with Gasteiger partial charge in [-0.25, -0.2) is 4.39 Å². The summed E-state index contributed by atoms with van der Waals surface area (Å²) in [5.41, 5.74) is -1.70. The Labute approximate surface area is 238 Å². The highest BCUT2D eigenvalue weighted by atomic mass is 32.2. The van der Waals surface area contributed by atoms with Crippen LogP contribution in [0.5, 0.6) is 0 Å². The fourth-order valence-corrected chi connectivity index (χ4v) is 5.88. The van der Waals surface area contributed by atoms with Crippen LogP contribution >= 0.6 is 11.8 Å². The smallest absolute Gasteiger partial charge is 0.357 e. The van der Waals surface area contributed by atoms with Crippen LogP contribution in [0.1, 0.15) is 47.7 Å². The van der Waals surface area contributed by atoms with Gasteiger partial charge in [0.25, 0.3) is 0 Å². The van der Waals surface area contributed by atoms with Crippen LogP contribution in [0.25, 0.3) is 5.57 Å². The van der Waals surface area contributed by atoms with Gasteiger partial charge < -0.3 is 15.1 Å². The summed E-state index contributed by atoms with van der Waals surface area (Å²) >= 11 is 1.74. The molecular weight excluding hydrogens is 571 g/mol. The summed E-state index contributed by atoms with van der Waals surface area (Å²) in [6.07, 6.45) is -8.33. The van der Waals surface area contributed by atoms with Crippen LogP contribution in [0.15, 0.2) is 54.0 Å². The number of nitrogens with zero attached hydrogens (tertiary/aromatic N) is 2. The zero-order chi connectivity index (χ0) is 30.3. The maximum atomic E-state index is 14.1. The first-order valence-electron chi connectivity index (χ1n) is 13.0. The van der Waals surface area contributed by atoms with E-state index in [0.717, 1.165) is 11.5 Å². The Balaban J connectivity index is 2.06. The summed E-state index contributed by atoms with van der Waals surface area (Å²) in [6, 6.07) is 4.26. The van der Waals surface area contributed by atoms with Crippen LogP contribution < -0.4 is 5.32 Å². The second-order valence-electron chi connectivity index (χ2n) is 10.4. The normalized spacial score (nSPS) is 18.6. The molecule has 2 aliphatic heterocycles. The highest BCUT2D eigenvalue weighted by Gasteiger charge is 2.40. The zero-order valence-corrected chi connectivity index (χ0v) is 23.7. The van der Waals surface area contributed by atoms with E-state index in [1.165, 1.54) is 18.2 Å². The van der Waals surface area contributed by atoms with Gasteiger partial charge in [0.15, 0.2) is 0 Å². The number of thioether (sulfide) groups is 1. The number of aryl methyl sites for hydroxylation is 1. The third kappa shape index (κ3) is 6.68. The molecule has 0 radical (unpaired) electrons. The molecule has 1 fully saturated rings. The second-order valence-corrected chi connectivity index (χ2v) is 11.6. The average Bonchev–Trinajstić information content (AvgIpc) is 2.88. The molecule has 1 unspecified atom stereocenters. The number of rotatable bonds is 5. The number of hydrogen-bond donors (Lipinski definition) is 1. The molecule has 0 bridgehead atoms. The Morgan fingerprint density at radius 1 is 0.976 bits per heavy atom. The summed E-state index contributed by atoms with van der Waals surface area (Å²) < 4.78 is 97.4. The van der Waals surface area contributed by atoms with E-state index < -0.39 is 47.2 Å². The highest BCUT2D eigenvalue weighted by molar-refractivity contribution is 7.99. The third-order valence-corrected chi connectivity index (χ3v) is 8.05. The van der Waals surface area contributed by atoms with Gasteiger partial charge in [0, 0.05) is 43.1 Å². The fourth-order valence-electron chi connectivity index (χ4n) is 4.98. The van der Waals surface area contributed by atoms with E-state index in [0.29, 0.717) is 47.7 Å². The van der Waals surface area contributed by atoms with E-state index in [-0.39, 0.29) is 17.3 Å². The van der Waals surface area contributed by atoms with Crippen molar-refractivity contribution in [2.45, 2.75) is 39.2 Å². The van der Waals surface area contributed by atoms with Crippen molar-refractivity contribution in [2.75, 3.05) is 31.6 Å². The van der Waals surface area contributed by atoms with E-state index >= 15 is 0 Å². The lowest BCUT2D eigenvalue weighted by Gasteiger charge is -2.44. The first kappa shape index (κ1) is 30.8. The van der Waals surface area contributed by atoms with E-state index in [4.69, 9.17) is 0 Å². The van der Waals surface area contributed by atoms with Gasteiger partial charge in [-0.2, -0.15) is 38.1 Å². The summed E-state index contributed by atoms with van der Waals surface area (Å²) in [7, 11) is 1.58. The van der Waals surface area contributed by atoms with Crippen LogP contribution in [0.4, 0.5) is 30.7 Å². The topological polar surface area (TPSA) is 35.6 Å². The third-order valence-electron chi connectivity index (χ3n) is 7.11. The molecule has 1 atom stereocenters. The SMILES string of the molecule is Cc1cc(F)ccc1C1=C(NC(=O)C(C)C)C(c2cc(C(F)(F)F)cc(C(F)(F)F)c2)N(C)C(N2CCSCC2)=C1. The van der Waals surface area contributed by atoms with Crippen molar-refractivity contribution < 1.29 is 35.5 Å². The van der Waals surface area contributed by atoms with Crippen molar-refractivity contribution in [2.24, 2.45) is 5.92 Å². The summed E-state index contributed by atoms with van der Waals surface area (Å²) in [5, 5.41) is 2.80. The second kappa shape index (κ2) is 11.6. The standard InChI is InChI=1S/C29H30F7N3OS/c1-16(2)27(40)37-25-23(22-6-5-21(30)11-17(22)3)15-24(39-7-9-41-10-8-39)38(4)26(25)18-12-19(28(31,32)33)14-20(13-18)29(34,35)36/h5-6,11-16,26H,7-10H2,1-4H3,(H,37,40). The minimum Gasteiger partial charge on any atom is -0.357 e. The van der Waals surface area contributed by atoms with Crippen molar-refractivity contribution in [3.63, 3.8) is 0 Å². The van der Waals surface area contributed by atoms with Gasteiger partial charge in [-0.05, 0) is 60.0 Å². The Bertz CT molecular complexity index is 1340. The molecule has 2 aromatic carbocycles. The molecule has 222 valence electrons. The Hall–Kier alpha value is -3.15. The number of likely N-dealkylation sites (N-methyl/N-ethyl adjacent to an activating group) is 1. The molecule has 12 heteroatoms. The predicted molar refractivity (Wildman–Crippen MR) is 145 cm³/mol. The number of amides is 1. The summed E-state index contributed by atoms with van der Waals surface area (Å²) in [6.45, 7) is 6.11. The molecule has 1 saturated heterocycles. The van der Waals surface area contributed by atoms with Crippen LogP contribution in [0.2, 0.25) is 0 Å². The number of allylic oxidation sites excluding steroid dienone is 2. The number of carbonyl (C=O) groups is 1. The molecule has 4 nitrogen and oxygen atoms in total. The van der Waals surface area contributed by atoms with Crippen LogP contribution in [-0.2, 0) is 17.1 Å². The number of nitrogens with one attached hydrogen (secondary N) is 1. The van der Waals surface area contributed by atoms with E-state index in [1.807, 2.05) is 4.90 Å². The zero-order valence-electron chi connectivity index (χ0n) is 22.9. The summed E-state index contributed by atoms with van der Waals surface area (Å²) in [5.74, 6) is 0.620. The first-order chi connectivity index (χ1) is 19.1. The lowest BCUT2D eigenvalue weighted by molar-refractivity contribution is -0.143. The molecule has 2 aromatic rings. The van der Waals surface area contributed by atoms with Crippen LogP contribution in [-0.4, -0.2) is 47.3 Å². The molecule has 0 aliphatic carbocycles. The van der Waals surface area contributed by atoms with E-state index in [9.17, 15) is 35.5 Å². The number of hydrogen-bond acceptors (Lipinski definition) is 4. The van der Waals surface area contributed by atoms with Crippen molar-refractivity contribution in [3.05, 3.63) is 87.6 Å². The molecule has 2 aliphatic rings. The molecular formula is C29H30F7N3OS. The minimum absolute atomic E-state index is 0.0893. The maximum Gasteiger partial charge on any atom is 0.416 e. The molecule has 0 aromatic heterocycles. The lowest BCUT2D eigenvalue weighted by Crippen LogP contribution is -2.45. The van der Waals surface area contributed by atoms with Crippen LogP contribution in [0.3, 0.4) is 0 Å². The largest absolute Gasteiger partial charge is 0.416 e. The van der Waals surface area contributed by atoms with Gasteiger partial charge >= 0.3 is 12.4 Å². The molecule has 41 heavy (non-hydrogen) atoms. The van der Waals surface area contributed by atoms with Gasteiger partial charge in [0.1, 0.15) is 11.6 Å². The number of alkyl halides is 6. The number of carbonyl (C=O) groups excluding carboxylic acids is 1. The minimum atomic E-state index is -5.05. The average molecular weight is 602 g/mol. The van der Waals surface area contributed by atoms with Gasteiger partial charge in [-0.15, -0.1) is 0 Å². The number of benzene rings is 2. The predicted octanol–water partition coefficient (Wildman–Crippen LogP) is 7.23. The van der Waals surface area contributed by atoms with Gasteiger partial charge in [-0.1, -0.05) is 19.9 Å². The Kier molecular flexibility index (Phi) is 8.73. The van der Waals surface area contributed by atoms with Crippen molar-refractivity contribution in [1.29, 1.82) is 0 Å². The lowest BCUT2D eigenvalue weighted by atomic mass is 9.88. The Morgan fingerprint density at radius 2 is 1.56 bits per heavy atom. The van der Waals surface area contributed by atoms with Gasteiger partial charge in [-0.3, -0.25) is 4.79 Å². The van der Waals surface area contributed by atoms with Gasteiger partial charge in [0.05, 0.1) is 22.9 Å². The highest BCUT2D eigenvalue weighted by Crippen LogP contribution is 2.44. The fraction of sp³-hybridized carbons (Fsp3) is 0.414. The van der Waals surface area contributed by atoms with Crippen LogP contribution in [0, 0.1) is 18.7 Å². The van der Waals surface area contributed by atoms with Crippen molar-refractivity contribution in [3.8, 4) is 0 Å². The molecule has 1 amide bonds. The Morgan fingerprint density at radius 3 is 2.07 bits per heavy atom. The van der Waals surface area contributed by atoms with Crippen molar-refractivity contribution >= 4 is 23.2 Å². The molecule has 0 saturated carbocycles.